The molecular weight excluding hydrogens is 118 g/mol. The molecule has 0 fully saturated rings. The molecule has 0 unspecified atom stereocenters. The Morgan fingerprint density at radius 3 is 2.56 bits per heavy atom. The molecule has 3 heteroatoms. The zero-order chi connectivity index (χ0) is 7.28. The van der Waals surface area contributed by atoms with Gasteiger partial charge in [-0.25, -0.2) is 4.79 Å². The summed E-state index contributed by atoms with van der Waals surface area (Å²) in [6.45, 7) is 4.06. The van der Waals surface area contributed by atoms with Crippen molar-refractivity contribution in [3.63, 3.8) is 0 Å². The highest BCUT2D eigenvalue weighted by Gasteiger charge is 1.98. The molecule has 0 heterocycles. The minimum Gasteiger partial charge on any atom is -0.477 e. The first-order valence-corrected chi connectivity index (χ1v) is 2.92. The summed E-state index contributed by atoms with van der Waals surface area (Å²) in [4.78, 5) is 13.8. The van der Waals surface area contributed by atoms with E-state index in [1.807, 2.05) is 6.92 Å². The Hall–Kier alpha value is -0.860. The molecule has 0 radical (unpaired) electrons. The zero-order valence-corrected chi connectivity index (χ0v) is 5.72. The van der Waals surface area contributed by atoms with Gasteiger partial charge in [0, 0.05) is 6.54 Å². The fourth-order valence-corrected chi connectivity index (χ4v) is 0.347. The van der Waals surface area contributed by atoms with Crippen LogP contribution in [0.3, 0.4) is 0 Å². The quantitative estimate of drug-likeness (QED) is 0.576. The van der Waals surface area contributed by atoms with Crippen LogP contribution in [0.1, 0.15) is 20.3 Å². The van der Waals surface area contributed by atoms with Gasteiger partial charge in [0.05, 0.1) is 0 Å². The molecule has 0 saturated heterocycles. The van der Waals surface area contributed by atoms with Crippen LogP contribution in [0, 0.1) is 0 Å². The van der Waals surface area contributed by atoms with E-state index in [1.54, 1.807) is 0 Å². The average molecular weight is 129 g/mol. The second-order valence-corrected chi connectivity index (χ2v) is 1.77. The van der Waals surface area contributed by atoms with Gasteiger partial charge in [-0.15, -0.1) is 0 Å². The molecule has 0 aliphatic carbocycles. The van der Waals surface area contributed by atoms with Gasteiger partial charge in [-0.05, 0) is 13.3 Å². The van der Waals surface area contributed by atoms with E-state index in [0.717, 1.165) is 6.42 Å². The number of carboxylic acids is 1. The van der Waals surface area contributed by atoms with E-state index < -0.39 is 5.97 Å². The number of hydrogen-bond donors (Lipinski definition) is 1. The Morgan fingerprint density at radius 1 is 1.67 bits per heavy atom. The average Bonchev–Trinajstić information content (AvgIpc) is 1.82. The molecule has 0 aromatic rings. The fourth-order valence-electron chi connectivity index (χ4n) is 0.347. The highest BCUT2D eigenvalue weighted by molar-refractivity contribution is 6.34. The molecule has 1 N–H and O–H groups in total. The van der Waals surface area contributed by atoms with E-state index in [1.165, 1.54) is 6.92 Å². The molecule has 0 aromatic heterocycles. The SMILES string of the molecule is CCCN=C(C)C(=O)O. The maximum atomic E-state index is 10.1. The van der Waals surface area contributed by atoms with Gasteiger partial charge in [0.2, 0.25) is 0 Å². The molecular formula is C6H11NO2. The first-order chi connectivity index (χ1) is 4.18. The van der Waals surface area contributed by atoms with E-state index in [0.29, 0.717) is 6.54 Å². The maximum Gasteiger partial charge on any atom is 0.349 e. The van der Waals surface area contributed by atoms with Crippen LogP contribution in [-0.2, 0) is 4.79 Å². The van der Waals surface area contributed by atoms with Crippen LogP contribution >= 0.6 is 0 Å². The van der Waals surface area contributed by atoms with Gasteiger partial charge in [-0.3, -0.25) is 4.99 Å². The van der Waals surface area contributed by atoms with E-state index in [-0.39, 0.29) is 5.71 Å². The van der Waals surface area contributed by atoms with Crippen molar-refractivity contribution in [3.8, 4) is 0 Å². The Balaban J connectivity index is 3.69. The summed E-state index contributed by atoms with van der Waals surface area (Å²) in [5, 5.41) is 8.28. The molecule has 0 aliphatic rings. The van der Waals surface area contributed by atoms with Crippen molar-refractivity contribution >= 4 is 11.7 Å². The second kappa shape index (κ2) is 4.06. The van der Waals surface area contributed by atoms with Crippen LogP contribution in [0.2, 0.25) is 0 Å². The number of aliphatic imine (C=N–C) groups is 1. The van der Waals surface area contributed by atoms with Gasteiger partial charge in [-0.2, -0.15) is 0 Å². The first kappa shape index (κ1) is 8.14. The lowest BCUT2D eigenvalue weighted by Crippen LogP contribution is -2.08. The van der Waals surface area contributed by atoms with Crippen molar-refractivity contribution in [2.75, 3.05) is 6.54 Å². The molecule has 9 heavy (non-hydrogen) atoms. The third-order valence-corrected chi connectivity index (χ3v) is 0.882. The number of carbonyl (C=O) groups is 1. The van der Waals surface area contributed by atoms with Gasteiger partial charge in [0.15, 0.2) is 0 Å². The monoisotopic (exact) mass is 129 g/mol. The topological polar surface area (TPSA) is 49.7 Å². The summed E-state index contributed by atoms with van der Waals surface area (Å²) < 4.78 is 0. The molecule has 0 atom stereocenters. The summed E-state index contributed by atoms with van der Waals surface area (Å²) in [6.07, 6.45) is 0.893. The lowest BCUT2D eigenvalue weighted by molar-refractivity contribution is -0.129. The summed E-state index contributed by atoms with van der Waals surface area (Å²) in [5.74, 6) is -0.927. The van der Waals surface area contributed by atoms with Gasteiger partial charge in [0.1, 0.15) is 5.71 Å². The largest absolute Gasteiger partial charge is 0.477 e. The Labute approximate surface area is 54.4 Å². The Bertz CT molecular complexity index is 129. The Morgan fingerprint density at radius 2 is 2.22 bits per heavy atom. The van der Waals surface area contributed by atoms with Crippen molar-refractivity contribution in [3.05, 3.63) is 0 Å². The third kappa shape index (κ3) is 3.70. The van der Waals surface area contributed by atoms with Gasteiger partial charge >= 0.3 is 5.97 Å². The number of hydrogen-bond acceptors (Lipinski definition) is 2. The summed E-state index contributed by atoms with van der Waals surface area (Å²) in [7, 11) is 0. The molecule has 0 saturated carbocycles. The third-order valence-electron chi connectivity index (χ3n) is 0.882. The highest BCUT2D eigenvalue weighted by Crippen LogP contribution is 1.81. The Kier molecular flexibility index (Phi) is 3.67. The highest BCUT2D eigenvalue weighted by atomic mass is 16.4. The minimum absolute atomic E-state index is 0.192. The predicted octanol–water partition coefficient (Wildman–Crippen LogP) is 0.942. The molecule has 52 valence electrons. The number of carboxylic acid groups (broad SMARTS) is 1. The van der Waals surface area contributed by atoms with Crippen LogP contribution in [0.4, 0.5) is 0 Å². The zero-order valence-electron chi connectivity index (χ0n) is 5.72. The van der Waals surface area contributed by atoms with Crippen LogP contribution in [-0.4, -0.2) is 23.3 Å². The van der Waals surface area contributed by atoms with E-state index in [4.69, 9.17) is 5.11 Å². The van der Waals surface area contributed by atoms with Crippen LogP contribution in [0.15, 0.2) is 4.99 Å². The van der Waals surface area contributed by atoms with Gasteiger partial charge in [-0.1, -0.05) is 6.92 Å². The molecule has 0 aliphatic heterocycles. The van der Waals surface area contributed by atoms with E-state index >= 15 is 0 Å². The predicted molar refractivity (Wildman–Crippen MR) is 35.9 cm³/mol. The fraction of sp³-hybridized carbons (Fsp3) is 0.667. The lowest BCUT2D eigenvalue weighted by atomic mass is 10.4. The number of nitrogens with zero attached hydrogens (tertiary/aromatic N) is 1. The molecule has 3 nitrogen and oxygen atoms in total. The normalized spacial score (nSPS) is 11.6. The second-order valence-electron chi connectivity index (χ2n) is 1.77. The molecule has 0 amide bonds. The van der Waals surface area contributed by atoms with E-state index in [9.17, 15) is 4.79 Å². The lowest BCUT2D eigenvalue weighted by Gasteiger charge is -1.89. The standard InChI is InChI=1S/C6H11NO2/c1-3-4-7-5(2)6(8)9/h3-4H2,1-2H3,(H,8,9). The van der Waals surface area contributed by atoms with Crippen molar-refractivity contribution in [2.24, 2.45) is 4.99 Å². The van der Waals surface area contributed by atoms with Crippen LogP contribution in [0.5, 0.6) is 0 Å². The van der Waals surface area contributed by atoms with Crippen molar-refractivity contribution < 1.29 is 9.90 Å². The van der Waals surface area contributed by atoms with Crippen molar-refractivity contribution in [1.82, 2.24) is 0 Å². The smallest absolute Gasteiger partial charge is 0.349 e. The maximum absolute atomic E-state index is 10.1. The first-order valence-electron chi connectivity index (χ1n) is 2.92. The van der Waals surface area contributed by atoms with Gasteiger partial charge < -0.3 is 5.11 Å². The van der Waals surface area contributed by atoms with Gasteiger partial charge in [0.25, 0.3) is 0 Å². The van der Waals surface area contributed by atoms with Crippen molar-refractivity contribution in [2.45, 2.75) is 20.3 Å². The van der Waals surface area contributed by atoms with E-state index in [2.05, 4.69) is 4.99 Å². The van der Waals surface area contributed by atoms with Crippen LogP contribution < -0.4 is 0 Å². The summed E-state index contributed by atoms with van der Waals surface area (Å²) in [5.41, 5.74) is 0.192. The molecule has 0 spiro atoms. The molecule has 0 bridgehead atoms. The number of aliphatic carboxylic acids is 1. The summed E-state index contributed by atoms with van der Waals surface area (Å²) in [6, 6.07) is 0. The minimum atomic E-state index is -0.927. The van der Waals surface area contributed by atoms with Crippen molar-refractivity contribution in [1.29, 1.82) is 0 Å². The molecule has 0 rings (SSSR count). The summed E-state index contributed by atoms with van der Waals surface area (Å²) >= 11 is 0. The van der Waals surface area contributed by atoms with Crippen LogP contribution in [0.25, 0.3) is 0 Å². The molecule has 0 aromatic carbocycles. The number of rotatable bonds is 3.